The van der Waals surface area contributed by atoms with Crippen LogP contribution in [-0.4, -0.2) is 30.3 Å². The van der Waals surface area contributed by atoms with Gasteiger partial charge in [0, 0.05) is 11.3 Å². The Bertz CT molecular complexity index is 1170. The Labute approximate surface area is 205 Å². The molecule has 7 nitrogen and oxygen atoms in total. The van der Waals surface area contributed by atoms with Crippen molar-refractivity contribution < 1.29 is 23.9 Å². The van der Waals surface area contributed by atoms with Crippen LogP contribution in [-0.2, 0) is 14.3 Å². The molecule has 182 valence electrons. The number of rotatable bonds is 8. The van der Waals surface area contributed by atoms with Crippen LogP contribution in [0.25, 0.3) is 0 Å². The van der Waals surface area contributed by atoms with Crippen LogP contribution in [0, 0.1) is 11.8 Å². The topological polar surface area (TPSA) is 92.8 Å². The lowest BCUT2D eigenvalue weighted by Crippen LogP contribution is -2.31. The molecule has 0 spiro atoms. The highest BCUT2D eigenvalue weighted by Gasteiger charge is 2.48. The van der Waals surface area contributed by atoms with Gasteiger partial charge in [0.25, 0.3) is 5.91 Å². The fraction of sp³-hybridized carbons (Fsp3) is 0.357. The van der Waals surface area contributed by atoms with Gasteiger partial charge in [-0.15, -0.1) is 0 Å². The van der Waals surface area contributed by atoms with Gasteiger partial charge in [0.05, 0.1) is 29.7 Å². The summed E-state index contributed by atoms with van der Waals surface area (Å²) in [5, 5.41) is 2.79. The minimum absolute atomic E-state index is 0.206. The number of hydrogen-bond donors (Lipinski definition) is 1. The van der Waals surface area contributed by atoms with Crippen molar-refractivity contribution in [1.82, 2.24) is 0 Å². The van der Waals surface area contributed by atoms with Crippen molar-refractivity contribution in [2.75, 3.05) is 16.8 Å². The molecule has 1 aliphatic carbocycles. The Kier molecular flexibility index (Phi) is 7.44. The first kappa shape index (κ1) is 24.4. The lowest BCUT2D eigenvalue weighted by Gasteiger charge is -2.18. The Balaban J connectivity index is 1.41. The summed E-state index contributed by atoms with van der Waals surface area (Å²) in [7, 11) is 0. The van der Waals surface area contributed by atoms with E-state index in [4.69, 9.17) is 4.74 Å². The predicted molar refractivity (Wildman–Crippen MR) is 133 cm³/mol. The van der Waals surface area contributed by atoms with Crippen molar-refractivity contribution in [1.29, 1.82) is 0 Å². The van der Waals surface area contributed by atoms with Crippen LogP contribution in [0.15, 0.2) is 60.2 Å². The third-order valence-electron chi connectivity index (χ3n) is 6.55. The molecule has 0 bridgehead atoms. The molecule has 3 amide bonds. The Morgan fingerprint density at radius 1 is 1.00 bits per heavy atom. The van der Waals surface area contributed by atoms with Crippen molar-refractivity contribution in [2.24, 2.45) is 11.8 Å². The van der Waals surface area contributed by atoms with Crippen molar-refractivity contribution in [3.05, 3.63) is 71.3 Å². The molecule has 0 radical (unpaired) electrons. The Morgan fingerprint density at radius 3 is 2.49 bits per heavy atom. The zero-order valence-corrected chi connectivity index (χ0v) is 20.1. The van der Waals surface area contributed by atoms with Crippen LogP contribution in [0.1, 0.15) is 66.7 Å². The maximum absolute atomic E-state index is 13.0. The Hall–Kier alpha value is -3.74. The lowest BCUT2D eigenvalue weighted by molar-refractivity contribution is -0.122. The number of hydrogen-bond acceptors (Lipinski definition) is 5. The monoisotopic (exact) mass is 474 g/mol. The highest BCUT2D eigenvalue weighted by molar-refractivity contribution is 6.22. The van der Waals surface area contributed by atoms with Gasteiger partial charge in [0.15, 0.2) is 0 Å². The molecule has 7 heteroatoms. The first-order valence-electron chi connectivity index (χ1n) is 12.1. The number of allylic oxidation sites excluding steroid dienone is 2. The van der Waals surface area contributed by atoms with Gasteiger partial charge in [0.2, 0.25) is 11.8 Å². The molecule has 4 rings (SSSR count). The second-order valence-corrected chi connectivity index (χ2v) is 9.14. The quantitative estimate of drug-likeness (QED) is 0.248. The van der Waals surface area contributed by atoms with Gasteiger partial charge in [-0.05, 0) is 68.7 Å². The summed E-state index contributed by atoms with van der Waals surface area (Å²) in [6.07, 6.45) is 6.09. The number of imide groups is 1. The third-order valence-corrected chi connectivity index (χ3v) is 6.55. The highest BCUT2D eigenvalue weighted by Crippen LogP contribution is 2.39. The van der Waals surface area contributed by atoms with Crippen LogP contribution in [0.5, 0.6) is 0 Å². The largest absolute Gasteiger partial charge is 0.462 e. The molecule has 1 saturated heterocycles. The summed E-state index contributed by atoms with van der Waals surface area (Å²) in [5.41, 5.74) is 2.79. The number of nitrogens with zero attached hydrogens (tertiary/aromatic N) is 1. The van der Waals surface area contributed by atoms with E-state index in [2.05, 4.69) is 12.2 Å². The molecular formula is C28H30N2O5. The Morgan fingerprint density at radius 2 is 1.74 bits per heavy atom. The summed E-state index contributed by atoms with van der Waals surface area (Å²) < 4.78 is 5.25. The molecule has 2 atom stereocenters. The van der Waals surface area contributed by atoms with Crippen LogP contribution in [0.3, 0.4) is 0 Å². The summed E-state index contributed by atoms with van der Waals surface area (Å²) in [6, 6.07) is 13.0. The average molecular weight is 475 g/mol. The van der Waals surface area contributed by atoms with Gasteiger partial charge in [-0.25, -0.2) is 4.79 Å². The van der Waals surface area contributed by atoms with Crippen molar-refractivity contribution in [3.8, 4) is 0 Å². The fourth-order valence-corrected chi connectivity index (χ4v) is 4.57. The van der Waals surface area contributed by atoms with Crippen molar-refractivity contribution >= 4 is 35.1 Å². The molecule has 1 N–H and O–H groups in total. The summed E-state index contributed by atoms with van der Waals surface area (Å²) in [4.78, 5) is 52.1. The minimum atomic E-state index is -0.391. The van der Waals surface area contributed by atoms with E-state index in [0.29, 0.717) is 42.0 Å². The molecule has 2 aromatic rings. The number of anilines is 2. The van der Waals surface area contributed by atoms with E-state index in [0.717, 1.165) is 24.8 Å². The standard InChI is InChI=1S/C28H30N2O5/c1-3-4-5-15-35-28(34)19-10-12-21(13-11-19)29-25(31)20-7-6-8-22(17-20)30-26(32)23-14-9-18(2)16-24(23)27(30)33/h6-13,17,23-24H,3-5,14-16H2,1-2H3,(H,29,31)/t23-,24-/m0/s1. The second-order valence-electron chi connectivity index (χ2n) is 9.14. The summed E-state index contributed by atoms with van der Waals surface area (Å²) in [6.45, 7) is 4.45. The van der Waals surface area contributed by atoms with Gasteiger partial charge >= 0.3 is 5.97 Å². The van der Waals surface area contributed by atoms with E-state index in [1.54, 1.807) is 48.5 Å². The van der Waals surface area contributed by atoms with Crippen molar-refractivity contribution in [2.45, 2.75) is 46.0 Å². The van der Waals surface area contributed by atoms with E-state index in [1.165, 1.54) is 4.90 Å². The van der Waals surface area contributed by atoms with Crippen LogP contribution in [0.2, 0.25) is 0 Å². The summed E-state index contributed by atoms with van der Waals surface area (Å²) >= 11 is 0. The molecule has 0 unspecified atom stereocenters. The highest BCUT2D eigenvalue weighted by atomic mass is 16.5. The number of esters is 1. The average Bonchev–Trinajstić information content (AvgIpc) is 3.11. The second kappa shape index (κ2) is 10.7. The predicted octanol–water partition coefficient (Wildman–Crippen LogP) is 5.13. The van der Waals surface area contributed by atoms with Crippen LogP contribution < -0.4 is 10.2 Å². The number of unbranched alkanes of at least 4 members (excludes halogenated alkanes) is 2. The lowest BCUT2D eigenvalue weighted by atomic mass is 9.82. The zero-order valence-electron chi connectivity index (χ0n) is 20.1. The third kappa shape index (κ3) is 5.34. The molecule has 1 heterocycles. The molecule has 1 fully saturated rings. The number of ether oxygens (including phenoxy) is 1. The SMILES string of the molecule is CCCCCOC(=O)c1ccc(NC(=O)c2cccc(N3C(=O)[C@H]4CC=C(C)C[C@@H]4C3=O)c2)cc1. The molecule has 2 aromatic carbocycles. The minimum Gasteiger partial charge on any atom is -0.462 e. The first-order valence-corrected chi connectivity index (χ1v) is 12.1. The number of fused-ring (bicyclic) bond motifs is 1. The van der Waals surface area contributed by atoms with E-state index in [1.807, 2.05) is 13.0 Å². The zero-order chi connectivity index (χ0) is 24.9. The van der Waals surface area contributed by atoms with Gasteiger partial charge in [-0.2, -0.15) is 0 Å². The molecule has 0 saturated carbocycles. The van der Waals surface area contributed by atoms with E-state index < -0.39 is 5.97 Å². The molecular weight excluding hydrogens is 444 g/mol. The number of carbonyl (C=O) groups excluding carboxylic acids is 4. The van der Waals surface area contributed by atoms with Crippen LogP contribution >= 0.6 is 0 Å². The van der Waals surface area contributed by atoms with E-state index >= 15 is 0 Å². The first-order chi connectivity index (χ1) is 16.9. The number of benzene rings is 2. The number of carbonyl (C=O) groups is 4. The number of amides is 3. The maximum Gasteiger partial charge on any atom is 0.338 e. The molecule has 35 heavy (non-hydrogen) atoms. The smallest absolute Gasteiger partial charge is 0.338 e. The normalized spacial score (nSPS) is 19.3. The van der Waals surface area contributed by atoms with E-state index in [-0.39, 0.29) is 29.6 Å². The van der Waals surface area contributed by atoms with Crippen molar-refractivity contribution in [3.63, 3.8) is 0 Å². The molecule has 0 aromatic heterocycles. The van der Waals surface area contributed by atoms with E-state index in [9.17, 15) is 19.2 Å². The van der Waals surface area contributed by atoms with Gasteiger partial charge < -0.3 is 10.1 Å². The molecule has 2 aliphatic rings. The number of nitrogens with one attached hydrogen (secondary N) is 1. The fourth-order valence-electron chi connectivity index (χ4n) is 4.57. The van der Waals surface area contributed by atoms with Gasteiger partial charge in [-0.3, -0.25) is 19.3 Å². The summed E-state index contributed by atoms with van der Waals surface area (Å²) in [5.74, 6) is -1.85. The van der Waals surface area contributed by atoms with Gasteiger partial charge in [0.1, 0.15) is 0 Å². The molecule has 1 aliphatic heterocycles. The van der Waals surface area contributed by atoms with Crippen LogP contribution in [0.4, 0.5) is 11.4 Å². The van der Waals surface area contributed by atoms with Gasteiger partial charge in [-0.1, -0.05) is 37.5 Å². The maximum atomic E-state index is 13.0.